The highest BCUT2D eigenvalue weighted by Crippen LogP contribution is 2.31. The van der Waals surface area contributed by atoms with Gasteiger partial charge in [-0.2, -0.15) is 0 Å². The van der Waals surface area contributed by atoms with Gasteiger partial charge in [0.2, 0.25) is 0 Å². The highest BCUT2D eigenvalue weighted by Gasteiger charge is 2.40. The minimum absolute atomic E-state index is 0.0664. The van der Waals surface area contributed by atoms with Crippen molar-refractivity contribution in [1.82, 2.24) is 14.8 Å². The Morgan fingerprint density at radius 1 is 1.25 bits per heavy atom. The number of aromatic nitrogens is 1. The number of amides is 2. The van der Waals surface area contributed by atoms with Gasteiger partial charge in [-0.1, -0.05) is 11.6 Å². The molecule has 4 heterocycles. The van der Waals surface area contributed by atoms with Crippen molar-refractivity contribution in [2.75, 3.05) is 32.8 Å². The number of pyridine rings is 1. The van der Waals surface area contributed by atoms with Gasteiger partial charge in [-0.25, -0.2) is 4.79 Å². The Kier molecular flexibility index (Phi) is 4.18. The van der Waals surface area contributed by atoms with Crippen molar-refractivity contribution in [3.63, 3.8) is 0 Å². The number of halogens is 1. The lowest BCUT2D eigenvalue weighted by Gasteiger charge is -2.45. The Balaban J connectivity index is 1.32. The number of hydrogen-bond donors (Lipinski definition) is 0. The number of carbonyl (C=O) groups is 2. The lowest BCUT2D eigenvalue weighted by Crippen LogP contribution is -2.58. The summed E-state index contributed by atoms with van der Waals surface area (Å²) >= 11 is 5.86. The molecule has 1 aromatic heterocycles. The van der Waals surface area contributed by atoms with E-state index in [9.17, 15) is 9.59 Å². The van der Waals surface area contributed by atoms with E-state index in [4.69, 9.17) is 16.3 Å². The van der Waals surface area contributed by atoms with E-state index in [2.05, 4.69) is 4.98 Å². The van der Waals surface area contributed by atoms with Gasteiger partial charge in [0.15, 0.2) is 5.78 Å². The lowest BCUT2D eigenvalue weighted by atomic mass is 9.88. The maximum absolute atomic E-state index is 12.7. The summed E-state index contributed by atoms with van der Waals surface area (Å²) in [6.45, 7) is 2.93. The minimum Gasteiger partial charge on any atom is -0.370 e. The summed E-state index contributed by atoms with van der Waals surface area (Å²) in [5, 5.41) is 0.623. The van der Waals surface area contributed by atoms with Gasteiger partial charge in [0.05, 0.1) is 11.1 Å². The highest BCUT2D eigenvalue weighted by atomic mass is 35.5. The van der Waals surface area contributed by atoms with Gasteiger partial charge in [-0.15, -0.1) is 0 Å². The van der Waals surface area contributed by atoms with Crippen LogP contribution in [0.3, 0.4) is 0 Å². The first-order valence-corrected chi connectivity index (χ1v) is 8.76. The van der Waals surface area contributed by atoms with Crippen LogP contribution in [0.5, 0.6) is 0 Å². The Morgan fingerprint density at radius 2 is 2.08 bits per heavy atom. The third kappa shape index (κ3) is 3.00. The second-order valence-electron chi connectivity index (χ2n) is 6.87. The van der Waals surface area contributed by atoms with E-state index < -0.39 is 0 Å². The van der Waals surface area contributed by atoms with Gasteiger partial charge in [0, 0.05) is 56.3 Å². The van der Waals surface area contributed by atoms with Crippen LogP contribution in [0.4, 0.5) is 4.79 Å². The molecule has 3 aliphatic heterocycles. The molecular weight excluding hydrogens is 330 g/mol. The van der Waals surface area contributed by atoms with Crippen LogP contribution in [0.15, 0.2) is 18.3 Å². The molecule has 0 N–H and O–H groups in total. The Hall–Kier alpha value is -1.66. The third-order valence-corrected chi connectivity index (χ3v) is 5.43. The average molecular weight is 350 g/mol. The molecular formula is C17H20ClN3O3. The number of rotatable bonds is 1. The summed E-state index contributed by atoms with van der Waals surface area (Å²) in [5.74, 6) is 0.575. The summed E-state index contributed by atoms with van der Waals surface area (Å²) in [6, 6.07) is 3.82. The zero-order valence-electron chi connectivity index (χ0n) is 13.4. The highest BCUT2D eigenvalue weighted by molar-refractivity contribution is 6.30. The molecule has 2 atom stereocenters. The van der Waals surface area contributed by atoms with E-state index in [0.29, 0.717) is 37.6 Å². The van der Waals surface area contributed by atoms with E-state index in [-0.39, 0.29) is 36.4 Å². The van der Waals surface area contributed by atoms with Crippen molar-refractivity contribution in [1.29, 1.82) is 0 Å². The zero-order valence-corrected chi connectivity index (χ0v) is 14.1. The largest absolute Gasteiger partial charge is 0.370 e. The van der Waals surface area contributed by atoms with Crippen LogP contribution >= 0.6 is 11.6 Å². The molecule has 1 aromatic rings. The number of carbonyl (C=O) groups excluding carboxylic acids is 2. The molecule has 7 heteroatoms. The van der Waals surface area contributed by atoms with Gasteiger partial charge >= 0.3 is 6.03 Å². The second-order valence-corrected chi connectivity index (χ2v) is 7.31. The number of nitrogens with zero attached hydrogens (tertiary/aromatic N) is 3. The number of piperidine rings is 1. The van der Waals surface area contributed by atoms with Gasteiger partial charge in [-0.05, 0) is 18.6 Å². The topological polar surface area (TPSA) is 62.7 Å². The fourth-order valence-electron chi connectivity index (χ4n) is 3.80. The molecule has 4 rings (SSSR count). The van der Waals surface area contributed by atoms with Crippen LogP contribution in [0.25, 0.3) is 0 Å². The van der Waals surface area contributed by atoms with Gasteiger partial charge in [0.25, 0.3) is 0 Å². The van der Waals surface area contributed by atoms with Crippen molar-refractivity contribution in [3.05, 3.63) is 29.0 Å². The summed E-state index contributed by atoms with van der Waals surface area (Å²) in [4.78, 5) is 32.3. The van der Waals surface area contributed by atoms with Crippen LogP contribution in [0, 0.1) is 5.92 Å². The van der Waals surface area contributed by atoms with Crippen molar-refractivity contribution in [2.45, 2.75) is 24.9 Å². The predicted molar refractivity (Wildman–Crippen MR) is 88.0 cm³/mol. The molecule has 128 valence electrons. The number of Topliss-reactive ketones (excluding diaryl/α,β-unsaturated/α-hetero) is 1. The number of likely N-dealkylation sites (tertiary alicyclic amines) is 2. The number of urea groups is 1. The van der Waals surface area contributed by atoms with Crippen LogP contribution in [-0.4, -0.2) is 65.5 Å². The maximum atomic E-state index is 12.7. The molecule has 0 aromatic carbocycles. The standard InChI is InChI=1S/C17H20ClN3O3/c18-13-1-2-15(19-6-13)12-8-21(9-12)17(23)20-4-3-16-11(7-20)5-14(22)10-24-16/h1-2,6,11-12,16H,3-5,7-10H2/t11-,16+/m1/s1. The maximum Gasteiger partial charge on any atom is 0.320 e. The Bertz CT molecular complexity index is 645. The van der Waals surface area contributed by atoms with Crippen molar-refractivity contribution >= 4 is 23.4 Å². The molecule has 3 fully saturated rings. The van der Waals surface area contributed by atoms with Crippen LogP contribution < -0.4 is 0 Å². The number of hydrogen-bond acceptors (Lipinski definition) is 4. The second kappa shape index (κ2) is 6.33. The molecule has 0 saturated carbocycles. The Morgan fingerprint density at radius 3 is 2.83 bits per heavy atom. The van der Waals surface area contributed by atoms with Crippen molar-refractivity contribution < 1.29 is 14.3 Å². The molecule has 0 unspecified atom stereocenters. The predicted octanol–water partition coefficient (Wildman–Crippen LogP) is 1.93. The molecule has 0 radical (unpaired) electrons. The van der Waals surface area contributed by atoms with Crippen LogP contribution in [0.1, 0.15) is 24.5 Å². The molecule has 3 aliphatic rings. The van der Waals surface area contributed by atoms with Gasteiger partial charge in [0.1, 0.15) is 6.61 Å². The molecule has 0 bridgehead atoms. The SMILES string of the molecule is O=C1CO[C@H]2CCN(C(=O)N3CC(c4ccc(Cl)cn4)C3)C[C@H]2C1. The fraction of sp³-hybridized carbons (Fsp3) is 0.588. The molecule has 24 heavy (non-hydrogen) atoms. The molecule has 6 nitrogen and oxygen atoms in total. The summed E-state index contributed by atoms with van der Waals surface area (Å²) < 4.78 is 5.59. The smallest absolute Gasteiger partial charge is 0.320 e. The van der Waals surface area contributed by atoms with E-state index >= 15 is 0 Å². The van der Waals surface area contributed by atoms with E-state index in [0.717, 1.165) is 12.1 Å². The normalized spacial score (nSPS) is 27.6. The third-order valence-electron chi connectivity index (χ3n) is 5.20. The van der Waals surface area contributed by atoms with Crippen LogP contribution in [-0.2, 0) is 9.53 Å². The molecule has 3 saturated heterocycles. The first kappa shape index (κ1) is 15.8. The first-order chi connectivity index (χ1) is 11.6. The number of ether oxygens (including phenoxy) is 1. The quantitative estimate of drug-likeness (QED) is 0.777. The van der Waals surface area contributed by atoms with E-state index in [1.54, 1.807) is 6.20 Å². The zero-order chi connectivity index (χ0) is 16.7. The number of ketones is 1. The van der Waals surface area contributed by atoms with Crippen LogP contribution in [0.2, 0.25) is 5.02 Å². The van der Waals surface area contributed by atoms with Crippen molar-refractivity contribution in [3.8, 4) is 0 Å². The molecule has 2 amide bonds. The summed E-state index contributed by atoms with van der Waals surface area (Å²) in [6.07, 6.45) is 3.13. The van der Waals surface area contributed by atoms with Crippen molar-refractivity contribution in [2.24, 2.45) is 5.92 Å². The van der Waals surface area contributed by atoms with E-state index in [1.165, 1.54) is 0 Å². The van der Waals surface area contributed by atoms with Gasteiger partial charge in [-0.3, -0.25) is 9.78 Å². The summed E-state index contributed by atoms with van der Waals surface area (Å²) in [5.41, 5.74) is 0.980. The fourth-order valence-corrected chi connectivity index (χ4v) is 3.91. The lowest BCUT2D eigenvalue weighted by molar-refractivity contribution is -0.140. The number of fused-ring (bicyclic) bond motifs is 1. The van der Waals surface area contributed by atoms with E-state index in [1.807, 2.05) is 21.9 Å². The Labute approximate surface area is 145 Å². The minimum atomic E-state index is 0.0664. The van der Waals surface area contributed by atoms with Gasteiger partial charge < -0.3 is 14.5 Å². The monoisotopic (exact) mass is 349 g/mol. The molecule has 0 aliphatic carbocycles. The summed E-state index contributed by atoms with van der Waals surface area (Å²) in [7, 11) is 0. The first-order valence-electron chi connectivity index (χ1n) is 8.39. The molecule has 0 spiro atoms. The average Bonchev–Trinajstić information content (AvgIpc) is 2.54.